The van der Waals surface area contributed by atoms with Crippen LogP contribution in [0.3, 0.4) is 0 Å². The maximum absolute atomic E-state index is 13.9. The summed E-state index contributed by atoms with van der Waals surface area (Å²) in [6.45, 7) is 0.0683. The van der Waals surface area contributed by atoms with Crippen molar-refractivity contribution in [2.45, 2.75) is 11.4 Å². The molecule has 0 atom stereocenters. The van der Waals surface area contributed by atoms with E-state index in [1.54, 1.807) is 60.7 Å². The Morgan fingerprint density at radius 1 is 0.906 bits per heavy atom. The average Bonchev–Trinajstić information content (AvgIpc) is 3.29. The van der Waals surface area contributed by atoms with Crippen molar-refractivity contribution in [3.63, 3.8) is 0 Å². The summed E-state index contributed by atoms with van der Waals surface area (Å²) >= 11 is 0. The van der Waals surface area contributed by atoms with Crippen molar-refractivity contribution in [3.8, 4) is 5.69 Å². The lowest BCUT2D eigenvalue weighted by molar-refractivity contribution is 0.0945. The van der Waals surface area contributed by atoms with E-state index < -0.39 is 21.7 Å². The summed E-state index contributed by atoms with van der Waals surface area (Å²) in [6.07, 6.45) is 1.50. The first-order valence-electron chi connectivity index (χ1n) is 9.68. The first kappa shape index (κ1) is 21.3. The zero-order valence-corrected chi connectivity index (χ0v) is 17.6. The van der Waals surface area contributed by atoms with Crippen molar-refractivity contribution in [1.29, 1.82) is 0 Å². The fraction of sp³-hybridized carbons (Fsp3) is 0.0435. The molecule has 4 rings (SSSR count). The van der Waals surface area contributed by atoms with Crippen LogP contribution < -0.4 is 10.0 Å². The highest BCUT2D eigenvalue weighted by molar-refractivity contribution is 7.92. The van der Waals surface area contributed by atoms with E-state index in [9.17, 15) is 17.6 Å². The molecule has 1 aromatic heterocycles. The van der Waals surface area contributed by atoms with Gasteiger partial charge in [-0.25, -0.2) is 17.5 Å². The Morgan fingerprint density at radius 3 is 2.38 bits per heavy atom. The highest BCUT2D eigenvalue weighted by Crippen LogP contribution is 2.20. The second-order valence-electron chi connectivity index (χ2n) is 6.86. The summed E-state index contributed by atoms with van der Waals surface area (Å²) < 4.78 is 43.1. The molecule has 1 amide bonds. The number of anilines is 1. The molecular weight excluding hydrogens is 431 g/mol. The van der Waals surface area contributed by atoms with Crippen molar-refractivity contribution < 1.29 is 17.6 Å². The van der Waals surface area contributed by atoms with E-state index in [1.807, 2.05) is 0 Å². The van der Waals surface area contributed by atoms with Gasteiger partial charge in [0.25, 0.3) is 15.9 Å². The minimum atomic E-state index is -3.77. The number of rotatable bonds is 7. The van der Waals surface area contributed by atoms with Crippen molar-refractivity contribution >= 4 is 21.6 Å². The number of sulfonamides is 1. The van der Waals surface area contributed by atoms with Crippen LogP contribution in [0.4, 0.5) is 10.1 Å². The van der Waals surface area contributed by atoms with Gasteiger partial charge in [0.15, 0.2) is 5.69 Å². The first-order chi connectivity index (χ1) is 15.4. The molecule has 4 aromatic rings. The third-order valence-corrected chi connectivity index (χ3v) is 6.06. The normalized spacial score (nSPS) is 11.2. The summed E-state index contributed by atoms with van der Waals surface area (Å²) in [7, 11) is -3.77. The molecule has 0 fully saturated rings. The third kappa shape index (κ3) is 4.68. The topological polar surface area (TPSA) is 93.1 Å². The third-order valence-electron chi connectivity index (χ3n) is 4.68. The van der Waals surface area contributed by atoms with Crippen molar-refractivity contribution in [1.82, 2.24) is 15.1 Å². The predicted molar refractivity (Wildman–Crippen MR) is 118 cm³/mol. The van der Waals surface area contributed by atoms with Crippen LogP contribution in [-0.2, 0) is 16.6 Å². The van der Waals surface area contributed by atoms with E-state index in [-0.39, 0.29) is 22.8 Å². The molecule has 0 saturated heterocycles. The molecule has 0 bridgehead atoms. The number of hydrogen-bond donors (Lipinski definition) is 2. The Morgan fingerprint density at radius 2 is 1.59 bits per heavy atom. The van der Waals surface area contributed by atoms with Gasteiger partial charge in [0.1, 0.15) is 11.5 Å². The van der Waals surface area contributed by atoms with Crippen LogP contribution in [0, 0.1) is 5.82 Å². The Labute approximate surface area is 184 Å². The number of halogens is 1. The van der Waals surface area contributed by atoms with Gasteiger partial charge in [-0.05, 0) is 42.0 Å². The number of carbonyl (C=O) groups is 1. The van der Waals surface area contributed by atoms with E-state index in [2.05, 4.69) is 15.1 Å². The first-order valence-corrected chi connectivity index (χ1v) is 11.2. The van der Waals surface area contributed by atoms with Gasteiger partial charge in [-0.1, -0.05) is 48.5 Å². The van der Waals surface area contributed by atoms with Crippen LogP contribution in [-0.4, -0.2) is 24.1 Å². The van der Waals surface area contributed by atoms with Crippen molar-refractivity contribution in [2.75, 3.05) is 4.72 Å². The summed E-state index contributed by atoms with van der Waals surface area (Å²) in [5.41, 5.74) is 1.27. The van der Waals surface area contributed by atoms with Gasteiger partial charge in [-0.2, -0.15) is 5.10 Å². The van der Waals surface area contributed by atoms with Crippen LogP contribution in [0.15, 0.2) is 96.0 Å². The zero-order chi connectivity index (χ0) is 22.6. The second kappa shape index (κ2) is 9.03. The molecule has 1 heterocycles. The fourth-order valence-electron chi connectivity index (χ4n) is 3.06. The number of amides is 1. The van der Waals surface area contributed by atoms with Crippen LogP contribution >= 0.6 is 0 Å². The van der Waals surface area contributed by atoms with Gasteiger partial charge in [0.05, 0.1) is 10.6 Å². The number of para-hydroxylation sites is 2. The van der Waals surface area contributed by atoms with E-state index in [4.69, 9.17) is 0 Å². The molecule has 3 aromatic carbocycles. The van der Waals surface area contributed by atoms with Crippen molar-refractivity contribution in [2.24, 2.45) is 0 Å². The van der Waals surface area contributed by atoms with E-state index >= 15 is 0 Å². The number of hydrogen-bond acceptors (Lipinski definition) is 4. The van der Waals surface area contributed by atoms with Crippen LogP contribution in [0.5, 0.6) is 0 Å². The molecule has 0 aliphatic rings. The maximum Gasteiger partial charge on any atom is 0.272 e. The lowest BCUT2D eigenvalue weighted by Gasteiger charge is -2.13. The molecule has 0 saturated carbocycles. The summed E-state index contributed by atoms with van der Waals surface area (Å²) in [5, 5.41) is 6.85. The minimum Gasteiger partial charge on any atom is -0.346 e. The lowest BCUT2D eigenvalue weighted by Crippen LogP contribution is -2.24. The van der Waals surface area contributed by atoms with E-state index in [0.717, 1.165) is 0 Å². The highest BCUT2D eigenvalue weighted by Gasteiger charge is 2.16. The van der Waals surface area contributed by atoms with Crippen molar-refractivity contribution in [3.05, 3.63) is 108 Å². The van der Waals surface area contributed by atoms with E-state index in [1.165, 1.54) is 35.1 Å². The SMILES string of the molecule is O=C(NCc1ccccc1NS(=O)(=O)c1ccccc1)c1ccn(-c2ccccc2F)n1. The molecule has 9 heteroatoms. The molecule has 0 aliphatic carbocycles. The molecule has 0 unspecified atom stereocenters. The zero-order valence-electron chi connectivity index (χ0n) is 16.8. The molecule has 0 spiro atoms. The smallest absolute Gasteiger partial charge is 0.272 e. The molecular formula is C23H19FN4O3S. The van der Waals surface area contributed by atoms with Gasteiger partial charge < -0.3 is 5.32 Å². The fourth-order valence-corrected chi connectivity index (χ4v) is 4.18. The summed E-state index contributed by atoms with van der Waals surface area (Å²) in [5.74, 6) is -0.928. The number of carbonyl (C=O) groups excluding carboxylic acids is 1. The number of aromatic nitrogens is 2. The van der Waals surface area contributed by atoms with Gasteiger partial charge in [0, 0.05) is 12.7 Å². The van der Waals surface area contributed by atoms with Crippen LogP contribution in [0.1, 0.15) is 16.1 Å². The molecule has 0 aliphatic heterocycles. The summed E-state index contributed by atoms with van der Waals surface area (Å²) in [6, 6.07) is 22.4. The number of nitrogens with one attached hydrogen (secondary N) is 2. The molecule has 2 N–H and O–H groups in total. The molecule has 32 heavy (non-hydrogen) atoms. The minimum absolute atomic E-state index is 0.0683. The largest absolute Gasteiger partial charge is 0.346 e. The monoisotopic (exact) mass is 450 g/mol. The van der Waals surface area contributed by atoms with Gasteiger partial charge in [-0.3, -0.25) is 9.52 Å². The number of benzene rings is 3. The van der Waals surface area contributed by atoms with Crippen LogP contribution in [0.2, 0.25) is 0 Å². The van der Waals surface area contributed by atoms with Gasteiger partial charge in [-0.15, -0.1) is 0 Å². The van der Waals surface area contributed by atoms with Gasteiger partial charge >= 0.3 is 0 Å². The predicted octanol–water partition coefficient (Wildman–Crippen LogP) is 3.74. The Hall–Kier alpha value is -3.98. The highest BCUT2D eigenvalue weighted by atomic mass is 32.2. The summed E-state index contributed by atoms with van der Waals surface area (Å²) in [4.78, 5) is 12.7. The quantitative estimate of drug-likeness (QED) is 0.449. The van der Waals surface area contributed by atoms with Crippen LogP contribution in [0.25, 0.3) is 5.69 Å². The molecule has 0 radical (unpaired) electrons. The van der Waals surface area contributed by atoms with Gasteiger partial charge in [0.2, 0.25) is 0 Å². The number of nitrogens with zero attached hydrogens (tertiary/aromatic N) is 2. The standard InChI is InChI=1S/C23H19FN4O3S/c24-19-11-5-7-13-22(19)28-15-14-21(26-28)23(29)25-16-17-8-4-6-12-20(17)27-32(30,31)18-9-2-1-3-10-18/h1-15,27H,16H2,(H,25,29). The Bertz CT molecular complexity index is 1350. The van der Waals surface area contributed by atoms with E-state index in [0.29, 0.717) is 11.3 Å². The lowest BCUT2D eigenvalue weighted by atomic mass is 10.2. The average molecular weight is 450 g/mol. The molecule has 162 valence electrons. The second-order valence-corrected chi connectivity index (χ2v) is 8.54. The Balaban J connectivity index is 1.47. The molecule has 7 nitrogen and oxygen atoms in total. The maximum atomic E-state index is 13.9. The Kier molecular flexibility index (Phi) is 6.00.